The van der Waals surface area contributed by atoms with Crippen molar-refractivity contribution in [3.8, 4) is 0 Å². The molecule has 112 valence electrons. The molecule has 6 nitrogen and oxygen atoms in total. The molecule has 0 aromatic carbocycles. The van der Waals surface area contributed by atoms with Gasteiger partial charge in [-0.3, -0.25) is 0 Å². The number of rotatable bonds is 5. The molecule has 21 heavy (non-hydrogen) atoms. The highest BCUT2D eigenvalue weighted by molar-refractivity contribution is 5.86. The molecule has 1 aliphatic rings. The lowest BCUT2D eigenvalue weighted by molar-refractivity contribution is 0.294. The molecule has 0 spiro atoms. The summed E-state index contributed by atoms with van der Waals surface area (Å²) in [6.45, 7) is 6.78. The van der Waals surface area contributed by atoms with Crippen LogP contribution < -0.4 is 11.1 Å². The molecule has 1 fully saturated rings. The van der Waals surface area contributed by atoms with E-state index < -0.39 is 0 Å². The van der Waals surface area contributed by atoms with E-state index in [0.29, 0.717) is 17.4 Å². The van der Waals surface area contributed by atoms with E-state index in [1.54, 1.807) is 6.07 Å². The molecular weight excluding hydrogens is 264 g/mol. The van der Waals surface area contributed by atoms with Crippen LogP contribution in [0.1, 0.15) is 19.8 Å². The van der Waals surface area contributed by atoms with Crippen molar-refractivity contribution in [2.75, 3.05) is 37.2 Å². The first kappa shape index (κ1) is 14.0. The molecule has 1 saturated heterocycles. The fraction of sp³-hybridized carbons (Fsp3) is 0.533. The average molecular weight is 286 g/mol. The van der Waals surface area contributed by atoms with Gasteiger partial charge in [0, 0.05) is 13.1 Å². The first-order chi connectivity index (χ1) is 10.2. The van der Waals surface area contributed by atoms with Crippen molar-refractivity contribution in [2.45, 2.75) is 19.8 Å². The Labute approximate surface area is 124 Å². The molecule has 1 atom stereocenters. The van der Waals surface area contributed by atoms with Crippen LogP contribution in [0.4, 0.5) is 11.6 Å². The molecule has 2 aromatic rings. The molecule has 3 heterocycles. The minimum atomic E-state index is 0.481. The third-order valence-electron chi connectivity index (χ3n) is 3.91. The second-order valence-corrected chi connectivity index (χ2v) is 5.82. The number of fused-ring (bicyclic) bond motifs is 1. The van der Waals surface area contributed by atoms with Crippen LogP contribution in [-0.2, 0) is 0 Å². The zero-order valence-corrected chi connectivity index (χ0v) is 12.4. The number of hydrogen-bond donors (Lipinski definition) is 2. The summed E-state index contributed by atoms with van der Waals surface area (Å²) in [5.74, 6) is 1.89. The van der Waals surface area contributed by atoms with Crippen LogP contribution in [0.3, 0.4) is 0 Å². The van der Waals surface area contributed by atoms with Crippen molar-refractivity contribution in [2.24, 2.45) is 5.92 Å². The Kier molecular flexibility index (Phi) is 4.15. The van der Waals surface area contributed by atoms with E-state index in [9.17, 15) is 0 Å². The van der Waals surface area contributed by atoms with E-state index in [1.807, 2.05) is 6.07 Å². The maximum atomic E-state index is 5.69. The van der Waals surface area contributed by atoms with E-state index in [4.69, 9.17) is 5.73 Å². The van der Waals surface area contributed by atoms with E-state index in [-0.39, 0.29) is 0 Å². The van der Waals surface area contributed by atoms with Gasteiger partial charge in [0.25, 0.3) is 0 Å². The Morgan fingerprint density at radius 1 is 1.29 bits per heavy atom. The van der Waals surface area contributed by atoms with Crippen LogP contribution in [0.5, 0.6) is 0 Å². The van der Waals surface area contributed by atoms with Gasteiger partial charge >= 0.3 is 0 Å². The Bertz CT molecular complexity index is 608. The molecule has 6 heteroatoms. The lowest BCUT2D eigenvalue weighted by atomic mass is 10.1. The number of nitrogen functional groups attached to an aromatic ring is 1. The SMILES string of the molecule is C[C@H](CNc1ncnc2nc(N)ccc12)CN1CCCC1. The molecule has 3 rings (SSSR count). The van der Waals surface area contributed by atoms with Crippen molar-refractivity contribution >= 4 is 22.7 Å². The van der Waals surface area contributed by atoms with Gasteiger partial charge in [-0.15, -0.1) is 0 Å². The smallest absolute Gasteiger partial charge is 0.166 e. The molecule has 0 aliphatic carbocycles. The minimum Gasteiger partial charge on any atom is -0.384 e. The number of nitrogens with two attached hydrogens (primary N) is 1. The Balaban J connectivity index is 1.64. The van der Waals surface area contributed by atoms with Crippen LogP contribution in [0, 0.1) is 5.92 Å². The summed E-state index contributed by atoms with van der Waals surface area (Å²) in [6.07, 6.45) is 4.20. The number of likely N-dealkylation sites (tertiary alicyclic amines) is 1. The molecule has 0 bridgehead atoms. The van der Waals surface area contributed by atoms with Gasteiger partial charge in [-0.1, -0.05) is 6.92 Å². The number of nitrogens with zero attached hydrogens (tertiary/aromatic N) is 4. The second kappa shape index (κ2) is 6.22. The first-order valence-corrected chi connectivity index (χ1v) is 7.56. The van der Waals surface area contributed by atoms with Crippen LogP contribution in [-0.4, -0.2) is 46.0 Å². The van der Waals surface area contributed by atoms with E-state index in [0.717, 1.165) is 24.3 Å². The molecule has 1 aliphatic heterocycles. The molecular formula is C15H22N6. The van der Waals surface area contributed by atoms with Gasteiger partial charge in [-0.05, 0) is 44.0 Å². The van der Waals surface area contributed by atoms with Crippen molar-refractivity contribution in [1.29, 1.82) is 0 Å². The summed E-state index contributed by atoms with van der Waals surface area (Å²) in [5, 5.41) is 4.34. The number of aromatic nitrogens is 3. The lowest BCUT2D eigenvalue weighted by Gasteiger charge is -2.20. The van der Waals surface area contributed by atoms with Gasteiger partial charge in [0.15, 0.2) is 5.65 Å². The number of pyridine rings is 1. The van der Waals surface area contributed by atoms with Crippen LogP contribution >= 0.6 is 0 Å². The fourth-order valence-corrected chi connectivity index (χ4v) is 2.84. The summed E-state index contributed by atoms with van der Waals surface area (Å²) < 4.78 is 0. The third-order valence-corrected chi connectivity index (χ3v) is 3.91. The number of nitrogens with one attached hydrogen (secondary N) is 1. The standard InChI is InChI=1S/C15H22N6/c1-11(9-21-6-2-3-7-21)8-17-14-12-4-5-13(16)20-15(12)19-10-18-14/h4-5,10-11H,2-3,6-9H2,1H3,(H3,16,17,18,19,20)/t11-/m1/s1. The quantitative estimate of drug-likeness (QED) is 0.871. The van der Waals surface area contributed by atoms with Crippen LogP contribution in [0.25, 0.3) is 11.0 Å². The first-order valence-electron chi connectivity index (χ1n) is 7.56. The molecule has 3 N–H and O–H groups in total. The molecule has 0 unspecified atom stereocenters. The fourth-order valence-electron chi connectivity index (χ4n) is 2.84. The largest absolute Gasteiger partial charge is 0.384 e. The Morgan fingerprint density at radius 3 is 2.90 bits per heavy atom. The van der Waals surface area contributed by atoms with E-state index in [2.05, 4.69) is 32.1 Å². The van der Waals surface area contributed by atoms with Gasteiger partial charge in [0.1, 0.15) is 18.0 Å². The van der Waals surface area contributed by atoms with Gasteiger partial charge < -0.3 is 16.0 Å². The summed E-state index contributed by atoms with van der Waals surface area (Å²) in [5.41, 5.74) is 6.33. The summed E-state index contributed by atoms with van der Waals surface area (Å²) in [7, 11) is 0. The predicted octanol–water partition coefficient (Wildman–Crippen LogP) is 1.75. The Morgan fingerprint density at radius 2 is 2.10 bits per heavy atom. The summed E-state index contributed by atoms with van der Waals surface area (Å²) in [4.78, 5) is 15.2. The van der Waals surface area contributed by atoms with Gasteiger partial charge in [0.2, 0.25) is 0 Å². The minimum absolute atomic E-state index is 0.481. The average Bonchev–Trinajstić information content (AvgIpc) is 2.97. The van der Waals surface area contributed by atoms with Crippen molar-refractivity contribution < 1.29 is 0 Å². The molecule has 2 aromatic heterocycles. The van der Waals surface area contributed by atoms with Gasteiger partial charge in [-0.25, -0.2) is 15.0 Å². The van der Waals surface area contributed by atoms with Gasteiger partial charge in [-0.2, -0.15) is 0 Å². The molecule has 0 amide bonds. The number of hydrogen-bond acceptors (Lipinski definition) is 6. The normalized spacial score (nSPS) is 17.2. The Hall–Kier alpha value is -1.95. The molecule has 0 saturated carbocycles. The summed E-state index contributed by atoms with van der Waals surface area (Å²) in [6, 6.07) is 3.70. The van der Waals surface area contributed by atoms with Crippen molar-refractivity contribution in [1.82, 2.24) is 19.9 Å². The van der Waals surface area contributed by atoms with Crippen LogP contribution in [0.15, 0.2) is 18.5 Å². The zero-order chi connectivity index (χ0) is 14.7. The topological polar surface area (TPSA) is 80.0 Å². The predicted molar refractivity (Wildman–Crippen MR) is 85.1 cm³/mol. The lowest BCUT2D eigenvalue weighted by Crippen LogP contribution is -2.29. The maximum Gasteiger partial charge on any atom is 0.166 e. The van der Waals surface area contributed by atoms with Crippen molar-refractivity contribution in [3.05, 3.63) is 18.5 Å². The highest BCUT2D eigenvalue weighted by Gasteiger charge is 2.15. The molecule has 0 radical (unpaired) electrons. The summed E-state index contributed by atoms with van der Waals surface area (Å²) >= 11 is 0. The van der Waals surface area contributed by atoms with E-state index >= 15 is 0 Å². The van der Waals surface area contributed by atoms with E-state index in [1.165, 1.54) is 32.3 Å². The maximum absolute atomic E-state index is 5.69. The third kappa shape index (κ3) is 3.39. The van der Waals surface area contributed by atoms with Crippen molar-refractivity contribution in [3.63, 3.8) is 0 Å². The number of anilines is 2. The highest BCUT2D eigenvalue weighted by atomic mass is 15.1. The zero-order valence-electron chi connectivity index (χ0n) is 12.4. The van der Waals surface area contributed by atoms with Gasteiger partial charge in [0.05, 0.1) is 5.39 Å². The highest BCUT2D eigenvalue weighted by Crippen LogP contribution is 2.19. The monoisotopic (exact) mass is 286 g/mol. The second-order valence-electron chi connectivity index (χ2n) is 5.82. The van der Waals surface area contributed by atoms with Crippen LogP contribution in [0.2, 0.25) is 0 Å².